The van der Waals surface area contributed by atoms with Gasteiger partial charge in [0.2, 0.25) is 5.91 Å². The van der Waals surface area contributed by atoms with E-state index in [0.29, 0.717) is 12.1 Å². The Morgan fingerprint density at radius 2 is 2.05 bits per heavy atom. The van der Waals surface area contributed by atoms with Gasteiger partial charge in [-0.3, -0.25) is 14.5 Å². The molecule has 4 nitrogen and oxygen atoms in total. The smallest absolute Gasteiger partial charge is 0.263 e. The predicted octanol–water partition coefficient (Wildman–Crippen LogP) is 2.93. The van der Waals surface area contributed by atoms with Gasteiger partial charge in [0, 0.05) is 37.0 Å². The first-order valence-corrected chi connectivity index (χ1v) is 7.04. The van der Waals surface area contributed by atoms with E-state index in [9.17, 15) is 9.59 Å². The molecular formula is C18H16N2O2. The zero-order valence-electron chi connectivity index (χ0n) is 12.3. The molecule has 2 heterocycles. The maximum absolute atomic E-state index is 12.3. The number of benzene rings is 1. The van der Waals surface area contributed by atoms with Gasteiger partial charge in [-0.05, 0) is 23.8 Å². The Balaban J connectivity index is 2.00. The summed E-state index contributed by atoms with van der Waals surface area (Å²) in [6.07, 6.45) is 8.94. The van der Waals surface area contributed by atoms with Crippen molar-refractivity contribution in [3.8, 4) is 0 Å². The Bertz CT molecular complexity index is 756. The summed E-state index contributed by atoms with van der Waals surface area (Å²) < 4.78 is 0. The van der Waals surface area contributed by atoms with Crippen LogP contribution in [0.15, 0.2) is 67.0 Å². The Labute approximate surface area is 129 Å². The van der Waals surface area contributed by atoms with Gasteiger partial charge < -0.3 is 4.90 Å². The van der Waals surface area contributed by atoms with Crippen molar-refractivity contribution in [1.29, 1.82) is 0 Å². The Morgan fingerprint density at radius 1 is 1.32 bits per heavy atom. The number of hydrogen-bond donors (Lipinski definition) is 0. The quantitative estimate of drug-likeness (QED) is 0.804. The number of nitrogens with zero attached hydrogens (tertiary/aromatic N) is 2. The minimum atomic E-state index is -0.0514. The first-order valence-electron chi connectivity index (χ1n) is 7.04. The van der Waals surface area contributed by atoms with Crippen molar-refractivity contribution in [1.82, 2.24) is 9.80 Å². The summed E-state index contributed by atoms with van der Waals surface area (Å²) in [5, 5.41) is 0. The Morgan fingerprint density at radius 3 is 2.73 bits per heavy atom. The van der Waals surface area contributed by atoms with Gasteiger partial charge >= 0.3 is 0 Å². The second kappa shape index (κ2) is 5.48. The van der Waals surface area contributed by atoms with Gasteiger partial charge in [-0.2, -0.15) is 0 Å². The minimum Gasteiger partial charge on any atom is -0.315 e. The van der Waals surface area contributed by atoms with Crippen LogP contribution in [-0.4, -0.2) is 28.2 Å². The van der Waals surface area contributed by atoms with Crippen molar-refractivity contribution >= 4 is 17.5 Å². The number of fused-ring (bicyclic) bond motifs is 3. The van der Waals surface area contributed by atoms with E-state index in [1.54, 1.807) is 28.3 Å². The SMILES string of the molecule is C=CCN(C=C1C=CN2C(=O)c3ccccc3C2=C1)C(C)=O. The number of rotatable bonds is 3. The highest BCUT2D eigenvalue weighted by molar-refractivity contribution is 6.10. The highest BCUT2D eigenvalue weighted by Crippen LogP contribution is 2.36. The number of carbonyl (C=O) groups excluding carboxylic acids is 2. The minimum absolute atomic E-state index is 0.0216. The molecule has 3 rings (SSSR count). The number of allylic oxidation sites excluding steroid dienone is 3. The van der Waals surface area contributed by atoms with E-state index < -0.39 is 0 Å². The molecular weight excluding hydrogens is 276 g/mol. The molecule has 0 atom stereocenters. The Hall–Kier alpha value is -2.88. The molecule has 2 aliphatic heterocycles. The zero-order chi connectivity index (χ0) is 15.7. The summed E-state index contributed by atoms with van der Waals surface area (Å²) in [5.41, 5.74) is 3.33. The average Bonchev–Trinajstić information content (AvgIpc) is 2.80. The molecule has 110 valence electrons. The van der Waals surface area contributed by atoms with Crippen LogP contribution in [0.1, 0.15) is 22.8 Å². The van der Waals surface area contributed by atoms with Crippen molar-refractivity contribution in [3.05, 3.63) is 78.2 Å². The third-order valence-corrected chi connectivity index (χ3v) is 3.67. The van der Waals surface area contributed by atoms with E-state index in [1.807, 2.05) is 36.4 Å². The maximum Gasteiger partial charge on any atom is 0.263 e. The van der Waals surface area contributed by atoms with Crippen molar-refractivity contribution in [2.45, 2.75) is 6.92 Å². The molecule has 0 N–H and O–H groups in total. The molecule has 0 unspecified atom stereocenters. The van der Waals surface area contributed by atoms with Crippen LogP contribution in [0.25, 0.3) is 5.70 Å². The summed E-state index contributed by atoms with van der Waals surface area (Å²) >= 11 is 0. The Kier molecular flexibility index (Phi) is 3.51. The van der Waals surface area contributed by atoms with E-state index in [4.69, 9.17) is 0 Å². The van der Waals surface area contributed by atoms with Crippen molar-refractivity contribution in [2.75, 3.05) is 6.54 Å². The van der Waals surface area contributed by atoms with Crippen LogP contribution in [0.2, 0.25) is 0 Å². The fourth-order valence-corrected chi connectivity index (χ4v) is 2.60. The summed E-state index contributed by atoms with van der Waals surface area (Å²) in [7, 11) is 0. The molecule has 0 spiro atoms. The van der Waals surface area contributed by atoms with E-state index >= 15 is 0 Å². The van der Waals surface area contributed by atoms with Crippen LogP contribution in [-0.2, 0) is 4.79 Å². The lowest BCUT2D eigenvalue weighted by atomic mass is 10.1. The third kappa shape index (κ3) is 2.29. The van der Waals surface area contributed by atoms with E-state index in [0.717, 1.165) is 16.8 Å². The average molecular weight is 292 g/mol. The van der Waals surface area contributed by atoms with Gasteiger partial charge in [0.25, 0.3) is 5.91 Å². The zero-order valence-corrected chi connectivity index (χ0v) is 12.3. The maximum atomic E-state index is 12.3. The van der Waals surface area contributed by atoms with Crippen LogP contribution in [0.3, 0.4) is 0 Å². The lowest BCUT2D eigenvalue weighted by Crippen LogP contribution is -2.24. The monoisotopic (exact) mass is 292 g/mol. The fourth-order valence-electron chi connectivity index (χ4n) is 2.60. The molecule has 0 saturated carbocycles. The molecule has 0 aromatic heterocycles. The van der Waals surface area contributed by atoms with Gasteiger partial charge in [-0.1, -0.05) is 24.3 Å². The van der Waals surface area contributed by atoms with Crippen LogP contribution >= 0.6 is 0 Å². The fraction of sp³-hybridized carbons (Fsp3) is 0.111. The molecule has 1 aromatic rings. The number of hydrogen-bond acceptors (Lipinski definition) is 2. The van der Waals surface area contributed by atoms with E-state index in [2.05, 4.69) is 6.58 Å². The van der Waals surface area contributed by atoms with Crippen molar-refractivity contribution < 1.29 is 9.59 Å². The second-order valence-electron chi connectivity index (χ2n) is 5.16. The van der Waals surface area contributed by atoms with Crippen LogP contribution < -0.4 is 0 Å². The third-order valence-electron chi connectivity index (χ3n) is 3.67. The topological polar surface area (TPSA) is 40.6 Å². The molecule has 0 fully saturated rings. The largest absolute Gasteiger partial charge is 0.315 e. The first kappa shape index (κ1) is 14.1. The molecule has 0 bridgehead atoms. The molecule has 1 aromatic carbocycles. The summed E-state index contributed by atoms with van der Waals surface area (Å²) in [6.45, 7) is 5.63. The molecule has 2 amide bonds. The predicted molar refractivity (Wildman–Crippen MR) is 85.4 cm³/mol. The summed E-state index contributed by atoms with van der Waals surface area (Å²) in [6, 6.07) is 7.53. The lowest BCUT2D eigenvalue weighted by molar-refractivity contribution is -0.125. The molecule has 22 heavy (non-hydrogen) atoms. The molecule has 0 saturated heterocycles. The number of amides is 2. The van der Waals surface area contributed by atoms with Crippen LogP contribution in [0, 0.1) is 0 Å². The van der Waals surface area contributed by atoms with E-state index in [-0.39, 0.29) is 11.8 Å². The molecule has 2 aliphatic rings. The van der Waals surface area contributed by atoms with Crippen molar-refractivity contribution in [3.63, 3.8) is 0 Å². The van der Waals surface area contributed by atoms with Crippen LogP contribution in [0.5, 0.6) is 0 Å². The standard InChI is InChI=1S/C18H16N2O2/c1-3-9-19(13(2)21)12-14-8-10-20-17(11-14)15-6-4-5-7-16(15)18(20)22/h3-8,10-12H,1,9H2,2H3. The molecule has 0 aliphatic carbocycles. The first-order chi connectivity index (χ1) is 10.6. The highest BCUT2D eigenvalue weighted by atomic mass is 16.2. The van der Waals surface area contributed by atoms with Gasteiger partial charge in [-0.25, -0.2) is 0 Å². The van der Waals surface area contributed by atoms with Gasteiger partial charge in [-0.15, -0.1) is 6.58 Å². The van der Waals surface area contributed by atoms with Gasteiger partial charge in [0.1, 0.15) is 0 Å². The van der Waals surface area contributed by atoms with E-state index in [1.165, 1.54) is 6.92 Å². The second-order valence-corrected chi connectivity index (χ2v) is 5.16. The normalized spacial score (nSPS) is 17.1. The lowest BCUT2D eigenvalue weighted by Gasteiger charge is -2.20. The van der Waals surface area contributed by atoms with Gasteiger partial charge in [0.05, 0.1) is 5.70 Å². The highest BCUT2D eigenvalue weighted by Gasteiger charge is 2.31. The summed E-state index contributed by atoms with van der Waals surface area (Å²) in [5.74, 6) is -0.0730. The number of carbonyl (C=O) groups is 2. The van der Waals surface area contributed by atoms with Gasteiger partial charge in [0.15, 0.2) is 0 Å². The van der Waals surface area contributed by atoms with Crippen molar-refractivity contribution in [2.24, 2.45) is 0 Å². The molecule has 4 heteroatoms. The summed E-state index contributed by atoms with van der Waals surface area (Å²) in [4.78, 5) is 27.1. The van der Waals surface area contributed by atoms with Crippen LogP contribution in [0.4, 0.5) is 0 Å². The molecule has 0 radical (unpaired) electrons.